The minimum atomic E-state index is -4.57. The second-order valence-electron chi connectivity index (χ2n) is 4.47. The highest BCUT2D eigenvalue weighted by molar-refractivity contribution is 5.59. The van der Waals surface area contributed by atoms with E-state index in [2.05, 4.69) is 15.1 Å². The molecule has 0 saturated heterocycles. The van der Waals surface area contributed by atoms with Crippen LogP contribution in [0.2, 0.25) is 0 Å². The summed E-state index contributed by atoms with van der Waals surface area (Å²) in [6.07, 6.45) is -0.442. The number of pyridine rings is 2. The van der Waals surface area contributed by atoms with Crippen molar-refractivity contribution in [3.63, 3.8) is 0 Å². The van der Waals surface area contributed by atoms with Crippen molar-refractivity contribution in [1.29, 1.82) is 0 Å². The van der Waals surface area contributed by atoms with Gasteiger partial charge in [-0.15, -0.1) is 5.69 Å². The number of rotatable bonds is 2. The van der Waals surface area contributed by atoms with Crippen molar-refractivity contribution >= 4 is 5.69 Å². The highest BCUT2D eigenvalue weighted by atomic mass is 19.4. The maximum atomic E-state index is 13.2. The smallest absolute Gasteiger partial charge is 0.433 e. The van der Waals surface area contributed by atoms with Gasteiger partial charge in [0.25, 0.3) is 0 Å². The lowest BCUT2D eigenvalue weighted by Gasteiger charge is -2.10. The molecule has 1 N–H and O–H groups in total. The van der Waals surface area contributed by atoms with Crippen LogP contribution in [0.3, 0.4) is 0 Å². The quantitative estimate of drug-likeness (QED) is 0.717. The van der Waals surface area contributed by atoms with Crippen molar-refractivity contribution in [2.45, 2.75) is 6.18 Å². The molecule has 0 aromatic carbocycles. The van der Waals surface area contributed by atoms with Gasteiger partial charge < -0.3 is 5.73 Å². The van der Waals surface area contributed by atoms with Crippen LogP contribution in [0.1, 0.15) is 5.69 Å². The minimum absolute atomic E-state index is 0.00142. The van der Waals surface area contributed by atoms with Gasteiger partial charge in [-0.2, -0.15) is 18.3 Å². The van der Waals surface area contributed by atoms with Gasteiger partial charge in [0.15, 0.2) is 11.5 Å². The Labute approximate surface area is 123 Å². The van der Waals surface area contributed by atoms with E-state index in [4.69, 9.17) is 5.73 Å². The molecule has 3 aromatic rings. The largest absolute Gasteiger partial charge is 0.697 e. The zero-order valence-electron chi connectivity index (χ0n) is 11.0. The van der Waals surface area contributed by atoms with Crippen molar-refractivity contribution in [2.75, 3.05) is 0 Å². The van der Waals surface area contributed by atoms with Crippen LogP contribution in [0.4, 0.5) is 18.9 Å². The van der Waals surface area contributed by atoms with E-state index < -0.39 is 11.9 Å². The molecule has 8 heteroatoms. The van der Waals surface area contributed by atoms with Crippen molar-refractivity contribution in [3.8, 4) is 17.1 Å². The maximum Gasteiger partial charge on any atom is 0.433 e. The van der Waals surface area contributed by atoms with Crippen LogP contribution in [-0.4, -0.2) is 19.7 Å². The van der Waals surface area contributed by atoms with E-state index >= 15 is 0 Å². The SMILES string of the molecule is [NH-]c1ccc(-n2nc(-c3cccnc3)cc2C(F)(F)F)nc1. The highest BCUT2D eigenvalue weighted by Gasteiger charge is 2.36. The summed E-state index contributed by atoms with van der Waals surface area (Å²) in [6.45, 7) is 0. The molecule has 0 aliphatic heterocycles. The van der Waals surface area contributed by atoms with Crippen LogP contribution < -0.4 is 0 Å². The van der Waals surface area contributed by atoms with Gasteiger partial charge in [-0.3, -0.25) is 4.98 Å². The fraction of sp³-hybridized carbons (Fsp3) is 0.0714. The Morgan fingerprint density at radius 3 is 2.50 bits per heavy atom. The molecule has 0 aliphatic rings. The minimum Gasteiger partial charge on any atom is -0.697 e. The van der Waals surface area contributed by atoms with E-state index in [1.807, 2.05) is 0 Å². The standard InChI is InChI=1S/C14H9F3N5/c15-14(16,17)12-6-11(9-2-1-5-19-7-9)21-22(12)13-4-3-10(18)8-20-13/h1-8,18H/q-1. The third-order valence-electron chi connectivity index (χ3n) is 2.92. The molecule has 0 amide bonds. The Kier molecular flexibility index (Phi) is 3.28. The number of halogens is 3. The first-order valence-electron chi connectivity index (χ1n) is 6.21. The van der Waals surface area contributed by atoms with E-state index in [0.717, 1.165) is 10.7 Å². The monoisotopic (exact) mass is 304 g/mol. The predicted molar refractivity (Wildman–Crippen MR) is 73.6 cm³/mol. The summed E-state index contributed by atoms with van der Waals surface area (Å²) in [5, 5.41) is 3.98. The number of hydrogen-bond donors (Lipinski definition) is 0. The Morgan fingerprint density at radius 1 is 1.09 bits per heavy atom. The molecule has 0 atom stereocenters. The highest BCUT2D eigenvalue weighted by Crippen LogP contribution is 2.33. The number of alkyl halides is 3. The summed E-state index contributed by atoms with van der Waals surface area (Å²) in [5.41, 5.74) is 7.15. The molecule has 0 spiro atoms. The molecule has 0 unspecified atom stereocenters. The molecule has 0 bridgehead atoms. The van der Waals surface area contributed by atoms with Gasteiger partial charge in [-0.05, 0) is 24.3 Å². The van der Waals surface area contributed by atoms with Crippen LogP contribution in [0.15, 0.2) is 48.9 Å². The van der Waals surface area contributed by atoms with Crippen LogP contribution in [0.25, 0.3) is 22.8 Å². The summed E-state index contributed by atoms with van der Waals surface area (Å²) in [4.78, 5) is 7.70. The normalized spacial score (nSPS) is 11.6. The summed E-state index contributed by atoms with van der Waals surface area (Å²) in [6, 6.07) is 6.87. The summed E-state index contributed by atoms with van der Waals surface area (Å²) in [5.74, 6) is -0.00142. The fourth-order valence-electron chi connectivity index (χ4n) is 1.92. The van der Waals surface area contributed by atoms with Crippen molar-refractivity contribution < 1.29 is 13.2 Å². The zero-order valence-corrected chi connectivity index (χ0v) is 11.0. The van der Waals surface area contributed by atoms with Crippen LogP contribution >= 0.6 is 0 Å². The van der Waals surface area contributed by atoms with Crippen molar-refractivity contribution in [2.24, 2.45) is 0 Å². The lowest BCUT2D eigenvalue weighted by atomic mass is 10.2. The molecule has 3 rings (SSSR count). The van der Waals surface area contributed by atoms with Gasteiger partial charge in [0.1, 0.15) is 0 Å². The summed E-state index contributed by atoms with van der Waals surface area (Å²) >= 11 is 0. The number of nitrogens with one attached hydrogen (secondary N) is 1. The molecule has 0 aliphatic carbocycles. The summed E-state index contributed by atoms with van der Waals surface area (Å²) in [7, 11) is 0. The molecular weight excluding hydrogens is 295 g/mol. The molecule has 3 heterocycles. The first kappa shape index (κ1) is 14.1. The zero-order chi connectivity index (χ0) is 15.7. The molecule has 22 heavy (non-hydrogen) atoms. The second-order valence-corrected chi connectivity index (χ2v) is 4.47. The van der Waals surface area contributed by atoms with E-state index in [1.54, 1.807) is 12.1 Å². The molecule has 112 valence electrons. The molecule has 5 nitrogen and oxygen atoms in total. The average Bonchev–Trinajstić information content (AvgIpc) is 2.94. The Bertz CT molecular complexity index is 778. The predicted octanol–water partition coefficient (Wildman–Crippen LogP) is 4.03. The Morgan fingerprint density at radius 2 is 1.91 bits per heavy atom. The Hall–Kier alpha value is -2.90. The first-order valence-corrected chi connectivity index (χ1v) is 6.21. The molecule has 0 saturated carbocycles. The van der Waals surface area contributed by atoms with Gasteiger partial charge in [0, 0.05) is 24.2 Å². The van der Waals surface area contributed by atoms with E-state index in [9.17, 15) is 13.2 Å². The maximum absolute atomic E-state index is 13.2. The molecule has 0 fully saturated rings. The van der Waals surface area contributed by atoms with Crippen molar-refractivity contribution in [3.05, 3.63) is 60.3 Å². The molecule has 0 radical (unpaired) electrons. The lowest BCUT2D eigenvalue weighted by Crippen LogP contribution is -2.13. The lowest BCUT2D eigenvalue weighted by molar-refractivity contribution is -0.142. The van der Waals surface area contributed by atoms with Gasteiger partial charge in [0.2, 0.25) is 0 Å². The number of aromatic nitrogens is 4. The van der Waals surface area contributed by atoms with Crippen LogP contribution in [0.5, 0.6) is 0 Å². The summed E-state index contributed by atoms with van der Waals surface area (Å²) < 4.78 is 40.3. The fourth-order valence-corrected chi connectivity index (χ4v) is 1.92. The number of nitrogens with zero attached hydrogens (tertiary/aromatic N) is 4. The van der Waals surface area contributed by atoms with Crippen LogP contribution in [-0.2, 0) is 6.18 Å². The van der Waals surface area contributed by atoms with E-state index in [-0.39, 0.29) is 17.2 Å². The van der Waals surface area contributed by atoms with Gasteiger partial charge in [0.05, 0.1) is 5.69 Å². The number of hydrogen-bond acceptors (Lipinski definition) is 3. The first-order chi connectivity index (χ1) is 10.4. The van der Waals surface area contributed by atoms with E-state index in [0.29, 0.717) is 5.56 Å². The van der Waals surface area contributed by atoms with Crippen molar-refractivity contribution in [1.82, 2.24) is 19.7 Å². The third kappa shape index (κ3) is 2.62. The van der Waals surface area contributed by atoms with Gasteiger partial charge in [-0.25, -0.2) is 9.67 Å². The second kappa shape index (κ2) is 5.14. The average molecular weight is 304 g/mol. The Balaban J connectivity index is 2.16. The van der Waals surface area contributed by atoms with Gasteiger partial charge in [-0.1, -0.05) is 6.07 Å². The third-order valence-corrected chi connectivity index (χ3v) is 2.92. The van der Waals surface area contributed by atoms with Gasteiger partial charge >= 0.3 is 6.18 Å². The molecule has 3 aromatic heterocycles. The molecular formula is C14H9F3N5-. The van der Waals surface area contributed by atoms with E-state index in [1.165, 1.54) is 30.7 Å². The topological polar surface area (TPSA) is 67.4 Å². The van der Waals surface area contributed by atoms with Crippen LogP contribution in [0, 0.1) is 0 Å².